The van der Waals surface area contributed by atoms with Crippen LogP contribution in [-0.2, 0) is 4.79 Å². The molecule has 0 atom stereocenters. The normalized spacial score (nSPS) is 9.64. The molecule has 0 saturated carbocycles. The van der Waals surface area contributed by atoms with Crippen LogP contribution in [-0.4, -0.2) is 19.0 Å². The Hall–Kier alpha value is -0.570. The molecule has 11 heavy (non-hydrogen) atoms. The number of rotatable bonds is 6. The van der Waals surface area contributed by atoms with E-state index in [0.29, 0.717) is 0 Å². The summed E-state index contributed by atoms with van der Waals surface area (Å²) < 4.78 is 0. The van der Waals surface area contributed by atoms with E-state index in [9.17, 15) is 4.79 Å². The minimum Gasteiger partial charge on any atom is -0.356 e. The van der Waals surface area contributed by atoms with E-state index in [1.54, 1.807) is 0 Å². The highest BCUT2D eigenvalue weighted by molar-refractivity contribution is 5.79. The van der Waals surface area contributed by atoms with Gasteiger partial charge in [-0.2, -0.15) is 0 Å². The summed E-state index contributed by atoms with van der Waals surface area (Å²) in [5, 5.41) is 2.64. The molecule has 1 amide bonds. The molecule has 0 aliphatic heterocycles. The van der Waals surface area contributed by atoms with Gasteiger partial charge in [0.1, 0.15) is 0 Å². The monoisotopic (exact) mass is 157 g/mol. The molecule has 0 fully saturated rings. The minimum absolute atomic E-state index is 0.191. The van der Waals surface area contributed by atoms with Crippen molar-refractivity contribution in [2.45, 2.75) is 25.7 Å². The highest BCUT2D eigenvalue weighted by Gasteiger charge is 1.90. The summed E-state index contributed by atoms with van der Waals surface area (Å²) in [7, 11) is 0. The first-order valence-electron chi connectivity index (χ1n) is 4.07. The number of nitrogens with two attached hydrogens (primary N) is 1. The van der Waals surface area contributed by atoms with Crippen molar-refractivity contribution in [2.75, 3.05) is 13.1 Å². The van der Waals surface area contributed by atoms with Crippen molar-refractivity contribution in [1.82, 2.24) is 5.32 Å². The van der Waals surface area contributed by atoms with E-state index in [2.05, 4.69) is 12.2 Å². The first-order chi connectivity index (χ1) is 5.27. The van der Waals surface area contributed by atoms with Crippen molar-refractivity contribution in [1.29, 1.82) is 0 Å². The Bertz CT molecular complexity index is 104. The molecule has 0 aliphatic carbocycles. The quantitative estimate of drug-likeness (QED) is 0.550. The van der Waals surface area contributed by atoms with Crippen LogP contribution in [0.5, 0.6) is 0 Å². The van der Waals surface area contributed by atoms with Gasteiger partial charge in [0.2, 0.25) is 5.91 Å². The molecule has 0 aromatic carbocycles. The predicted octanol–water partition coefficient (Wildman–Crippen LogP) is 0.456. The third-order valence-corrected chi connectivity index (χ3v) is 1.45. The summed E-state index contributed by atoms with van der Waals surface area (Å²) in [5.41, 5.74) is 5.31. The molecule has 0 rings (SSSR count). The Kier molecular flexibility index (Phi) is 7.15. The first-order valence-corrected chi connectivity index (χ1v) is 4.07. The standard InChI is InChI=1S/C8H17N2O/c1-8(11)10-7-5-3-2-4-6-9/h1-7,9H2,(H,10,11). The van der Waals surface area contributed by atoms with Crippen LogP contribution in [0.3, 0.4) is 0 Å². The van der Waals surface area contributed by atoms with Crippen LogP contribution >= 0.6 is 0 Å². The molecule has 3 N–H and O–H groups in total. The molecule has 0 bridgehead atoms. The number of carbonyl (C=O) groups excluding carboxylic acids is 1. The molecule has 0 unspecified atom stereocenters. The fourth-order valence-electron chi connectivity index (χ4n) is 0.851. The average Bonchev–Trinajstić information content (AvgIpc) is 1.96. The Balaban J connectivity index is 2.85. The molecular weight excluding hydrogens is 140 g/mol. The van der Waals surface area contributed by atoms with Crippen LogP contribution in [0, 0.1) is 6.92 Å². The maximum absolute atomic E-state index is 10.3. The van der Waals surface area contributed by atoms with Crippen LogP contribution in [0.1, 0.15) is 25.7 Å². The zero-order valence-electron chi connectivity index (χ0n) is 6.94. The smallest absolute Gasteiger partial charge is 0.220 e. The Morgan fingerprint density at radius 1 is 1.27 bits per heavy atom. The van der Waals surface area contributed by atoms with Crippen molar-refractivity contribution >= 4 is 5.91 Å². The molecular formula is C8H17N2O. The average molecular weight is 157 g/mol. The maximum atomic E-state index is 10.3. The number of nitrogens with one attached hydrogen (secondary N) is 1. The van der Waals surface area contributed by atoms with E-state index in [1.807, 2.05) is 0 Å². The van der Waals surface area contributed by atoms with Gasteiger partial charge in [0.15, 0.2) is 0 Å². The zero-order chi connectivity index (χ0) is 8.53. The van der Waals surface area contributed by atoms with Gasteiger partial charge in [-0.3, -0.25) is 4.79 Å². The predicted molar refractivity (Wildman–Crippen MR) is 45.9 cm³/mol. The largest absolute Gasteiger partial charge is 0.356 e. The molecule has 65 valence electrons. The highest BCUT2D eigenvalue weighted by atomic mass is 16.1. The summed E-state index contributed by atoms with van der Waals surface area (Å²) in [6, 6.07) is 0. The van der Waals surface area contributed by atoms with Gasteiger partial charge in [0.05, 0.1) is 0 Å². The van der Waals surface area contributed by atoms with Crippen molar-refractivity contribution < 1.29 is 4.79 Å². The lowest BCUT2D eigenvalue weighted by Crippen LogP contribution is -2.20. The SMILES string of the molecule is [CH2]C(=O)NCCCCCCN. The Morgan fingerprint density at radius 2 is 1.91 bits per heavy atom. The summed E-state index contributed by atoms with van der Waals surface area (Å²) in [6.07, 6.45) is 4.40. The van der Waals surface area contributed by atoms with Crippen molar-refractivity contribution in [3.63, 3.8) is 0 Å². The lowest BCUT2D eigenvalue weighted by Gasteiger charge is -2.00. The van der Waals surface area contributed by atoms with Crippen LogP contribution in [0.4, 0.5) is 0 Å². The fourth-order valence-corrected chi connectivity index (χ4v) is 0.851. The highest BCUT2D eigenvalue weighted by Crippen LogP contribution is 1.96. The van der Waals surface area contributed by atoms with E-state index >= 15 is 0 Å². The van der Waals surface area contributed by atoms with Gasteiger partial charge in [-0.05, 0) is 19.4 Å². The van der Waals surface area contributed by atoms with Crippen LogP contribution < -0.4 is 11.1 Å². The molecule has 0 aromatic rings. The number of carbonyl (C=O) groups is 1. The number of hydrogen-bond donors (Lipinski definition) is 2. The second-order valence-corrected chi connectivity index (χ2v) is 2.55. The number of unbranched alkanes of at least 4 members (excludes halogenated alkanes) is 3. The lowest BCUT2D eigenvalue weighted by atomic mass is 10.2. The van der Waals surface area contributed by atoms with Gasteiger partial charge in [0.25, 0.3) is 0 Å². The zero-order valence-corrected chi connectivity index (χ0v) is 6.94. The summed E-state index contributed by atoms with van der Waals surface area (Å²) >= 11 is 0. The number of amides is 1. The molecule has 0 aromatic heterocycles. The molecule has 1 radical (unpaired) electrons. The van der Waals surface area contributed by atoms with E-state index in [0.717, 1.165) is 38.8 Å². The van der Waals surface area contributed by atoms with Gasteiger partial charge in [0, 0.05) is 13.5 Å². The summed E-state index contributed by atoms with van der Waals surface area (Å²) in [4.78, 5) is 10.3. The third-order valence-electron chi connectivity index (χ3n) is 1.45. The van der Waals surface area contributed by atoms with Crippen molar-refractivity contribution in [3.05, 3.63) is 6.92 Å². The summed E-state index contributed by atoms with van der Waals surface area (Å²) in [6.45, 7) is 4.71. The molecule has 0 spiro atoms. The van der Waals surface area contributed by atoms with Crippen LogP contribution in [0.15, 0.2) is 0 Å². The van der Waals surface area contributed by atoms with Gasteiger partial charge in [-0.1, -0.05) is 12.8 Å². The molecule has 0 aliphatic rings. The second kappa shape index (κ2) is 7.54. The fraction of sp³-hybridized carbons (Fsp3) is 0.750. The van der Waals surface area contributed by atoms with Gasteiger partial charge in [-0.25, -0.2) is 0 Å². The van der Waals surface area contributed by atoms with Crippen LogP contribution in [0.2, 0.25) is 0 Å². The molecule has 0 saturated heterocycles. The maximum Gasteiger partial charge on any atom is 0.220 e. The summed E-state index contributed by atoms with van der Waals surface area (Å²) in [5.74, 6) is -0.191. The van der Waals surface area contributed by atoms with E-state index in [1.165, 1.54) is 0 Å². The third kappa shape index (κ3) is 9.43. The van der Waals surface area contributed by atoms with E-state index < -0.39 is 0 Å². The van der Waals surface area contributed by atoms with Gasteiger partial charge in [-0.15, -0.1) is 0 Å². The molecule has 0 heterocycles. The minimum atomic E-state index is -0.191. The van der Waals surface area contributed by atoms with E-state index in [-0.39, 0.29) is 5.91 Å². The van der Waals surface area contributed by atoms with Crippen LogP contribution in [0.25, 0.3) is 0 Å². The van der Waals surface area contributed by atoms with Crippen molar-refractivity contribution in [3.8, 4) is 0 Å². The van der Waals surface area contributed by atoms with Gasteiger partial charge < -0.3 is 11.1 Å². The lowest BCUT2D eigenvalue weighted by molar-refractivity contribution is -0.116. The second-order valence-electron chi connectivity index (χ2n) is 2.55. The van der Waals surface area contributed by atoms with E-state index in [4.69, 9.17) is 5.73 Å². The van der Waals surface area contributed by atoms with Crippen molar-refractivity contribution in [2.24, 2.45) is 5.73 Å². The molecule has 3 nitrogen and oxygen atoms in total. The topological polar surface area (TPSA) is 55.1 Å². The first kappa shape index (κ1) is 10.4. The Labute approximate surface area is 68.3 Å². The number of hydrogen-bond acceptors (Lipinski definition) is 2. The molecule has 3 heteroatoms. The van der Waals surface area contributed by atoms with Gasteiger partial charge >= 0.3 is 0 Å². The Morgan fingerprint density at radius 3 is 2.45 bits per heavy atom.